The number of nitrogens with one attached hydrogen (secondary N) is 1. The Morgan fingerprint density at radius 3 is 2.77 bits per heavy atom. The summed E-state index contributed by atoms with van der Waals surface area (Å²) in [5, 5.41) is 3.86. The van der Waals surface area contributed by atoms with Gasteiger partial charge in [0.1, 0.15) is 5.00 Å². The molecule has 1 N–H and O–H groups in total. The molecule has 1 amide bonds. The summed E-state index contributed by atoms with van der Waals surface area (Å²) in [5.74, 6) is -0.362. The van der Waals surface area contributed by atoms with Crippen LogP contribution in [0.15, 0.2) is 30.3 Å². The van der Waals surface area contributed by atoms with Crippen LogP contribution in [0.4, 0.5) is 5.69 Å². The molecule has 0 unspecified atom stereocenters. The number of methoxy groups -OCH3 is 1. The first-order valence-electron chi connectivity index (χ1n) is 10.5. The summed E-state index contributed by atoms with van der Waals surface area (Å²) in [7, 11) is 1.44. The topological polar surface area (TPSA) is 60.3 Å². The van der Waals surface area contributed by atoms with Crippen LogP contribution in [-0.2, 0) is 22.4 Å². The Morgan fingerprint density at radius 2 is 1.97 bits per heavy atom. The number of rotatable bonds is 3. The molecule has 158 valence electrons. The van der Waals surface area contributed by atoms with E-state index >= 15 is 0 Å². The van der Waals surface area contributed by atoms with Crippen LogP contribution >= 0.6 is 11.3 Å². The monoisotopic (exact) mass is 432 g/mol. The molecule has 2 aromatic heterocycles. The van der Waals surface area contributed by atoms with Crippen molar-refractivity contribution in [3.8, 4) is 5.00 Å². The number of thiophene rings is 1. The van der Waals surface area contributed by atoms with Crippen LogP contribution in [0.5, 0.6) is 0 Å². The van der Waals surface area contributed by atoms with Gasteiger partial charge in [0.2, 0.25) is 0 Å². The van der Waals surface area contributed by atoms with Gasteiger partial charge in [0.25, 0.3) is 5.91 Å². The highest BCUT2D eigenvalue weighted by atomic mass is 32.1. The number of ether oxygens (including phenoxy) is 1. The summed E-state index contributed by atoms with van der Waals surface area (Å²) in [6, 6.07) is 9.81. The smallest absolute Gasteiger partial charge is 0.341 e. The molecular weight excluding hydrogens is 408 g/mol. The van der Waals surface area contributed by atoms with Gasteiger partial charge in [-0.1, -0.05) is 18.2 Å². The SMILES string of the molecule is COC(=O)c1c(-n2c(C)cc(/C=C3/C(=O)Nc4ccccc43)c2C)sc2c1CCCC2. The molecular formula is C25H24N2O3S. The van der Waals surface area contributed by atoms with E-state index < -0.39 is 0 Å². The average molecular weight is 433 g/mol. The van der Waals surface area contributed by atoms with Crippen LogP contribution in [0.3, 0.4) is 0 Å². The van der Waals surface area contributed by atoms with Crippen molar-refractivity contribution in [3.63, 3.8) is 0 Å². The fourth-order valence-electron chi connectivity index (χ4n) is 4.71. The maximum absolute atomic E-state index is 12.7. The largest absolute Gasteiger partial charge is 0.465 e. The first-order valence-corrected chi connectivity index (χ1v) is 11.4. The number of aryl methyl sites for hydroxylation is 2. The minimum absolute atomic E-state index is 0.0900. The van der Waals surface area contributed by atoms with Gasteiger partial charge in [-0.05, 0) is 68.9 Å². The van der Waals surface area contributed by atoms with Crippen LogP contribution in [0.25, 0.3) is 16.7 Å². The Hall–Kier alpha value is -3.12. The number of aromatic nitrogens is 1. The molecule has 5 rings (SSSR count). The van der Waals surface area contributed by atoms with Gasteiger partial charge in [-0.3, -0.25) is 4.79 Å². The van der Waals surface area contributed by atoms with Crippen LogP contribution < -0.4 is 5.32 Å². The summed E-state index contributed by atoms with van der Waals surface area (Å²) in [5.41, 5.74) is 7.27. The van der Waals surface area contributed by atoms with Gasteiger partial charge in [-0.2, -0.15) is 0 Å². The van der Waals surface area contributed by atoms with Gasteiger partial charge < -0.3 is 14.6 Å². The number of carbonyl (C=O) groups excluding carboxylic acids is 2. The van der Waals surface area contributed by atoms with E-state index in [0.29, 0.717) is 11.1 Å². The van der Waals surface area contributed by atoms with Crippen LogP contribution in [0.2, 0.25) is 0 Å². The molecule has 1 aliphatic heterocycles. The number of esters is 1. The predicted molar refractivity (Wildman–Crippen MR) is 124 cm³/mol. The Morgan fingerprint density at radius 1 is 1.19 bits per heavy atom. The van der Waals surface area contributed by atoms with E-state index in [1.807, 2.05) is 44.2 Å². The Balaban J connectivity index is 1.66. The quantitative estimate of drug-likeness (QED) is 0.450. The zero-order valence-electron chi connectivity index (χ0n) is 17.9. The first-order chi connectivity index (χ1) is 15.0. The number of anilines is 1. The molecule has 31 heavy (non-hydrogen) atoms. The van der Waals surface area contributed by atoms with E-state index in [0.717, 1.165) is 64.4 Å². The normalized spacial score (nSPS) is 16.2. The van der Waals surface area contributed by atoms with E-state index in [4.69, 9.17) is 4.74 Å². The van der Waals surface area contributed by atoms with Crippen molar-refractivity contribution >= 4 is 40.5 Å². The number of amides is 1. The van der Waals surface area contributed by atoms with E-state index in [1.54, 1.807) is 11.3 Å². The molecule has 0 atom stereocenters. The highest BCUT2D eigenvalue weighted by molar-refractivity contribution is 7.15. The Bertz CT molecular complexity index is 1260. The van der Waals surface area contributed by atoms with E-state index in [1.165, 1.54) is 12.0 Å². The summed E-state index contributed by atoms with van der Waals surface area (Å²) in [4.78, 5) is 26.6. The zero-order chi connectivity index (χ0) is 21.7. The Kier molecular flexibility index (Phi) is 4.82. The van der Waals surface area contributed by atoms with Gasteiger partial charge in [0, 0.05) is 33.1 Å². The highest BCUT2D eigenvalue weighted by Gasteiger charge is 2.29. The molecule has 6 heteroatoms. The number of carbonyl (C=O) groups is 2. The second-order valence-corrected chi connectivity index (χ2v) is 9.19. The number of nitrogens with zero attached hydrogens (tertiary/aromatic N) is 1. The summed E-state index contributed by atoms with van der Waals surface area (Å²) < 4.78 is 7.30. The standard InChI is InChI=1S/C25H24N2O3S/c1-14-12-16(13-19-17-8-4-6-10-20(17)26-23(19)28)15(2)27(14)24-22(25(29)30-3)18-9-5-7-11-21(18)31-24/h4,6,8,10,12-13H,5,7,9,11H2,1-3H3,(H,26,28)/b19-13+. The summed E-state index contributed by atoms with van der Waals surface area (Å²) in [6.07, 6.45) is 6.14. The maximum atomic E-state index is 12.7. The lowest BCUT2D eigenvalue weighted by molar-refractivity contribution is -0.110. The van der Waals surface area contributed by atoms with Crippen molar-refractivity contribution in [3.05, 3.63) is 68.9 Å². The maximum Gasteiger partial charge on any atom is 0.341 e. The second kappa shape index (κ2) is 7.54. The third-order valence-electron chi connectivity index (χ3n) is 6.23. The van der Waals surface area contributed by atoms with Crippen molar-refractivity contribution in [2.45, 2.75) is 39.5 Å². The van der Waals surface area contributed by atoms with E-state index in [-0.39, 0.29) is 11.9 Å². The predicted octanol–water partition coefficient (Wildman–Crippen LogP) is 5.31. The molecule has 3 heterocycles. The molecule has 1 aromatic carbocycles. The number of fused-ring (bicyclic) bond motifs is 2. The van der Waals surface area contributed by atoms with E-state index in [9.17, 15) is 9.59 Å². The first kappa shape index (κ1) is 19.8. The summed E-state index contributed by atoms with van der Waals surface area (Å²) in [6.45, 7) is 4.08. The molecule has 3 aromatic rings. The molecule has 0 saturated carbocycles. The van der Waals surface area contributed by atoms with Gasteiger partial charge in [-0.15, -0.1) is 11.3 Å². The highest BCUT2D eigenvalue weighted by Crippen LogP contribution is 2.40. The van der Waals surface area contributed by atoms with Crippen molar-refractivity contribution in [2.75, 3.05) is 12.4 Å². The number of hydrogen-bond donors (Lipinski definition) is 1. The third-order valence-corrected chi connectivity index (χ3v) is 7.50. The lowest BCUT2D eigenvalue weighted by Gasteiger charge is -2.12. The fraction of sp³-hybridized carbons (Fsp3) is 0.280. The Labute approximate surface area is 185 Å². The molecule has 0 radical (unpaired) electrons. The summed E-state index contributed by atoms with van der Waals surface area (Å²) >= 11 is 1.69. The molecule has 2 aliphatic rings. The van der Waals surface area contributed by atoms with Gasteiger partial charge in [0.05, 0.1) is 12.7 Å². The van der Waals surface area contributed by atoms with Crippen molar-refractivity contribution in [2.24, 2.45) is 0 Å². The molecule has 0 spiro atoms. The number of benzene rings is 1. The molecule has 1 aliphatic carbocycles. The minimum Gasteiger partial charge on any atom is -0.465 e. The van der Waals surface area contributed by atoms with Crippen molar-refractivity contribution < 1.29 is 14.3 Å². The van der Waals surface area contributed by atoms with Crippen LogP contribution in [0.1, 0.15) is 56.2 Å². The third kappa shape index (κ3) is 3.13. The van der Waals surface area contributed by atoms with Crippen molar-refractivity contribution in [1.29, 1.82) is 0 Å². The molecule has 0 bridgehead atoms. The van der Waals surface area contributed by atoms with Gasteiger partial charge in [0.15, 0.2) is 0 Å². The molecule has 5 nitrogen and oxygen atoms in total. The lowest BCUT2D eigenvalue weighted by atomic mass is 9.95. The van der Waals surface area contributed by atoms with Crippen molar-refractivity contribution in [1.82, 2.24) is 4.57 Å². The minimum atomic E-state index is -0.272. The number of hydrogen-bond acceptors (Lipinski definition) is 4. The lowest BCUT2D eigenvalue weighted by Crippen LogP contribution is -2.11. The van der Waals surface area contributed by atoms with Gasteiger partial charge in [-0.25, -0.2) is 4.79 Å². The fourth-order valence-corrected chi connectivity index (χ4v) is 6.19. The number of para-hydroxylation sites is 1. The molecule has 0 fully saturated rings. The van der Waals surface area contributed by atoms with Crippen LogP contribution in [-0.4, -0.2) is 23.6 Å². The molecule has 0 saturated heterocycles. The second-order valence-electron chi connectivity index (χ2n) is 8.10. The van der Waals surface area contributed by atoms with E-state index in [2.05, 4.69) is 16.0 Å². The van der Waals surface area contributed by atoms with Crippen LogP contribution in [0, 0.1) is 13.8 Å². The average Bonchev–Trinajstić information content (AvgIpc) is 3.39. The van der Waals surface area contributed by atoms with Gasteiger partial charge >= 0.3 is 5.97 Å². The zero-order valence-corrected chi connectivity index (χ0v) is 18.7.